The summed E-state index contributed by atoms with van der Waals surface area (Å²) in [7, 11) is 1.58. The highest BCUT2D eigenvalue weighted by Gasteiger charge is 1.99. The van der Waals surface area contributed by atoms with E-state index in [0.717, 1.165) is 6.21 Å². The number of hydrogen-bond donors (Lipinski definition) is 3. The Hall–Kier alpha value is -1.32. The molecule has 0 spiro atoms. The van der Waals surface area contributed by atoms with Crippen molar-refractivity contribution < 1.29 is 9.90 Å². The monoisotopic (exact) mass is 128 g/mol. The molecule has 0 rings (SSSR count). The fraction of sp³-hybridized carbons (Fsp3) is 0.200. The second kappa shape index (κ2) is 3.65. The summed E-state index contributed by atoms with van der Waals surface area (Å²) < 4.78 is 0. The Bertz CT molecular complexity index is 151. The summed E-state index contributed by atoms with van der Waals surface area (Å²) in [6.45, 7) is 0. The number of rotatable bonds is 3. The third-order valence-electron chi connectivity index (χ3n) is 0.702. The Labute approximate surface area is 52.7 Å². The molecule has 0 aromatic rings. The van der Waals surface area contributed by atoms with Crippen LogP contribution in [0.5, 0.6) is 0 Å². The Kier molecular flexibility index (Phi) is 3.12. The van der Waals surface area contributed by atoms with Crippen LogP contribution in [0.3, 0.4) is 0 Å². The molecule has 0 atom stereocenters. The number of carboxylic acid groups (broad SMARTS) is 1. The van der Waals surface area contributed by atoms with Crippen LogP contribution in [0.15, 0.2) is 11.8 Å². The Morgan fingerprint density at radius 3 is 2.44 bits per heavy atom. The molecule has 0 bridgehead atoms. The summed E-state index contributed by atoms with van der Waals surface area (Å²) in [5, 5.41) is 17.3. The van der Waals surface area contributed by atoms with Gasteiger partial charge in [0, 0.05) is 19.5 Å². The van der Waals surface area contributed by atoms with Gasteiger partial charge in [0.05, 0.1) is 5.57 Å². The van der Waals surface area contributed by atoms with Gasteiger partial charge in [-0.15, -0.1) is 0 Å². The van der Waals surface area contributed by atoms with Gasteiger partial charge in [-0.25, -0.2) is 4.79 Å². The van der Waals surface area contributed by atoms with Gasteiger partial charge in [-0.3, -0.25) is 0 Å². The zero-order valence-corrected chi connectivity index (χ0v) is 5.01. The quantitative estimate of drug-likeness (QED) is 0.364. The van der Waals surface area contributed by atoms with Crippen molar-refractivity contribution in [2.24, 2.45) is 0 Å². The second-order valence-electron chi connectivity index (χ2n) is 1.34. The molecule has 0 fully saturated rings. The van der Waals surface area contributed by atoms with Crippen molar-refractivity contribution in [2.75, 3.05) is 7.05 Å². The maximum Gasteiger partial charge on any atom is 0.338 e. The van der Waals surface area contributed by atoms with Gasteiger partial charge in [0.15, 0.2) is 0 Å². The van der Waals surface area contributed by atoms with E-state index in [4.69, 9.17) is 10.5 Å². The molecule has 4 nitrogen and oxygen atoms in total. The van der Waals surface area contributed by atoms with E-state index in [-0.39, 0.29) is 5.57 Å². The Balaban J connectivity index is 4.14. The Morgan fingerprint density at radius 1 is 1.78 bits per heavy atom. The lowest BCUT2D eigenvalue weighted by Crippen LogP contribution is -2.06. The first kappa shape index (κ1) is 7.68. The van der Waals surface area contributed by atoms with Crippen LogP contribution in [-0.4, -0.2) is 24.3 Å². The lowest BCUT2D eigenvalue weighted by atomic mass is 10.3. The molecule has 0 aromatic carbocycles. The normalized spacial score (nSPS) is 10.6. The summed E-state index contributed by atoms with van der Waals surface area (Å²) >= 11 is 0. The van der Waals surface area contributed by atoms with E-state index in [1.807, 2.05) is 0 Å². The first-order valence-electron chi connectivity index (χ1n) is 2.33. The summed E-state index contributed by atoms with van der Waals surface area (Å²) in [6, 6.07) is 0. The van der Waals surface area contributed by atoms with Crippen molar-refractivity contribution >= 4 is 12.2 Å². The van der Waals surface area contributed by atoms with Gasteiger partial charge in [0.1, 0.15) is 0 Å². The standard InChI is InChI=1S/C5H8N2O2/c1-7-3-4(2-6)5(8)9/h2-3,6-7H,1H3,(H,8,9)/b4-3+,6-2?. The molecular formula is C5H8N2O2. The summed E-state index contributed by atoms with van der Waals surface area (Å²) in [6.07, 6.45) is 2.02. The minimum Gasteiger partial charge on any atom is -0.478 e. The molecule has 0 unspecified atom stereocenters. The molecule has 0 aliphatic carbocycles. The lowest BCUT2D eigenvalue weighted by Gasteiger charge is -1.90. The molecule has 0 radical (unpaired) electrons. The minimum atomic E-state index is -1.10. The average Bonchev–Trinajstić information content (AvgIpc) is 1.82. The van der Waals surface area contributed by atoms with Gasteiger partial charge in [-0.05, 0) is 0 Å². The van der Waals surface area contributed by atoms with E-state index in [2.05, 4.69) is 5.32 Å². The van der Waals surface area contributed by atoms with Crippen LogP contribution in [-0.2, 0) is 4.79 Å². The van der Waals surface area contributed by atoms with Crippen LogP contribution < -0.4 is 5.32 Å². The number of aliphatic carboxylic acids is 1. The fourth-order valence-corrected chi connectivity index (χ4v) is 0.321. The zero-order valence-electron chi connectivity index (χ0n) is 5.01. The molecule has 0 aliphatic heterocycles. The van der Waals surface area contributed by atoms with Gasteiger partial charge in [-0.1, -0.05) is 0 Å². The molecule has 3 N–H and O–H groups in total. The van der Waals surface area contributed by atoms with Crippen LogP contribution in [0.4, 0.5) is 0 Å². The van der Waals surface area contributed by atoms with E-state index >= 15 is 0 Å². The van der Waals surface area contributed by atoms with Crippen LogP contribution in [0, 0.1) is 5.41 Å². The van der Waals surface area contributed by atoms with Crippen LogP contribution >= 0.6 is 0 Å². The largest absolute Gasteiger partial charge is 0.478 e. The molecule has 0 aliphatic rings. The zero-order chi connectivity index (χ0) is 7.28. The molecule has 9 heavy (non-hydrogen) atoms. The van der Waals surface area contributed by atoms with Crippen molar-refractivity contribution in [2.45, 2.75) is 0 Å². The van der Waals surface area contributed by atoms with Crippen LogP contribution in [0.25, 0.3) is 0 Å². The third kappa shape index (κ3) is 2.48. The average molecular weight is 128 g/mol. The maximum absolute atomic E-state index is 10.1. The van der Waals surface area contributed by atoms with Crippen molar-refractivity contribution in [1.29, 1.82) is 5.41 Å². The molecule has 0 saturated carbocycles. The van der Waals surface area contributed by atoms with Crippen molar-refractivity contribution in [1.82, 2.24) is 5.32 Å². The topological polar surface area (TPSA) is 73.2 Å². The molecule has 4 heteroatoms. The molecular weight excluding hydrogens is 120 g/mol. The molecule has 0 heterocycles. The van der Waals surface area contributed by atoms with Crippen molar-refractivity contribution in [3.63, 3.8) is 0 Å². The van der Waals surface area contributed by atoms with Crippen molar-refractivity contribution in [3.05, 3.63) is 11.8 Å². The minimum absolute atomic E-state index is 0.0579. The highest BCUT2D eigenvalue weighted by molar-refractivity contribution is 6.07. The Morgan fingerprint density at radius 2 is 2.33 bits per heavy atom. The molecule has 0 amide bonds. The van der Waals surface area contributed by atoms with Gasteiger partial charge < -0.3 is 15.8 Å². The first-order chi connectivity index (χ1) is 4.22. The number of nitrogens with one attached hydrogen (secondary N) is 2. The third-order valence-corrected chi connectivity index (χ3v) is 0.702. The SMILES string of the molecule is CN/C=C(\C=N)C(=O)O. The maximum atomic E-state index is 10.1. The van der Waals surface area contributed by atoms with E-state index in [9.17, 15) is 4.79 Å². The highest BCUT2D eigenvalue weighted by atomic mass is 16.4. The second-order valence-corrected chi connectivity index (χ2v) is 1.34. The van der Waals surface area contributed by atoms with Gasteiger partial charge in [0.25, 0.3) is 0 Å². The number of carbonyl (C=O) groups is 1. The molecule has 0 saturated heterocycles. The number of carboxylic acids is 1. The fourth-order valence-electron chi connectivity index (χ4n) is 0.321. The molecule has 50 valence electrons. The van der Waals surface area contributed by atoms with E-state index in [1.165, 1.54) is 6.20 Å². The van der Waals surface area contributed by atoms with Gasteiger partial charge >= 0.3 is 5.97 Å². The molecule has 0 aromatic heterocycles. The van der Waals surface area contributed by atoms with Gasteiger partial charge in [0.2, 0.25) is 0 Å². The van der Waals surface area contributed by atoms with E-state index in [1.54, 1.807) is 7.05 Å². The van der Waals surface area contributed by atoms with Crippen molar-refractivity contribution in [3.8, 4) is 0 Å². The van der Waals surface area contributed by atoms with Crippen LogP contribution in [0.1, 0.15) is 0 Å². The van der Waals surface area contributed by atoms with E-state index in [0.29, 0.717) is 0 Å². The number of hydrogen-bond acceptors (Lipinski definition) is 3. The summed E-state index contributed by atoms with van der Waals surface area (Å²) in [5.74, 6) is -1.10. The first-order valence-corrected chi connectivity index (χ1v) is 2.33. The van der Waals surface area contributed by atoms with E-state index < -0.39 is 5.97 Å². The predicted molar refractivity (Wildman–Crippen MR) is 33.6 cm³/mol. The van der Waals surface area contributed by atoms with Crippen LogP contribution in [0.2, 0.25) is 0 Å². The predicted octanol–water partition coefficient (Wildman–Crippen LogP) is -0.176. The highest BCUT2D eigenvalue weighted by Crippen LogP contribution is 1.84. The van der Waals surface area contributed by atoms with Gasteiger partial charge in [-0.2, -0.15) is 0 Å². The smallest absolute Gasteiger partial charge is 0.338 e. The summed E-state index contributed by atoms with van der Waals surface area (Å²) in [4.78, 5) is 10.1. The lowest BCUT2D eigenvalue weighted by molar-refractivity contribution is -0.132. The summed E-state index contributed by atoms with van der Waals surface area (Å²) in [5.41, 5.74) is -0.0579.